The number of hydrogen-bond acceptors (Lipinski definition) is 2. The number of hydrogen-bond donors (Lipinski definition) is 1. The van der Waals surface area contributed by atoms with E-state index in [0.717, 1.165) is 5.56 Å². The number of amides is 2. The molecule has 0 aromatic heterocycles. The van der Waals surface area contributed by atoms with Crippen LogP contribution >= 0.6 is 0 Å². The number of carbonyl (C=O) groups excluding carboxylic acids is 1. The molecular weight excluding hydrogens is 498 g/mol. The second-order valence-corrected chi connectivity index (χ2v) is 8.81. The van der Waals surface area contributed by atoms with Crippen LogP contribution < -0.4 is 5.32 Å². The Bertz CT molecular complexity index is 1170. The molecule has 0 radical (unpaired) electrons. The van der Waals surface area contributed by atoms with Gasteiger partial charge in [0.05, 0.1) is 23.8 Å². The second-order valence-electron chi connectivity index (χ2n) is 8.81. The lowest BCUT2D eigenvalue weighted by Crippen LogP contribution is -2.47. The van der Waals surface area contributed by atoms with Crippen LogP contribution in [0.15, 0.2) is 78.9 Å². The summed E-state index contributed by atoms with van der Waals surface area (Å²) in [5, 5.41) is 2.83. The number of rotatable bonds is 5. The van der Waals surface area contributed by atoms with E-state index in [1.807, 2.05) is 36.4 Å². The predicted molar refractivity (Wildman–Crippen MR) is 126 cm³/mol. The summed E-state index contributed by atoms with van der Waals surface area (Å²) in [5.74, 6) is -0.329. The standard InChI is InChI=1S/C27H24F6N2O2/c28-26(29,30)20-13-18(14-21(15-20)27(31,32)33)17-37-24-11-12-35(16-23(24)19-7-3-1-4-8-19)25(36)34-22-9-5-2-6-10-22/h1-10,13-15,23-24H,11-12,16-17H2,(H,34,36)/t23-,24-/m1/s1. The molecule has 196 valence electrons. The highest BCUT2D eigenvalue weighted by atomic mass is 19.4. The van der Waals surface area contributed by atoms with Crippen LogP contribution in [-0.4, -0.2) is 30.1 Å². The van der Waals surface area contributed by atoms with Crippen LogP contribution in [0.5, 0.6) is 0 Å². The fourth-order valence-electron chi connectivity index (χ4n) is 4.36. The summed E-state index contributed by atoms with van der Waals surface area (Å²) in [5.41, 5.74) is -1.50. The Morgan fingerprint density at radius 3 is 2.00 bits per heavy atom. The van der Waals surface area contributed by atoms with Crippen LogP contribution in [0.1, 0.15) is 34.6 Å². The van der Waals surface area contributed by atoms with Gasteiger partial charge in [0, 0.05) is 24.7 Å². The molecular formula is C27H24F6N2O2. The van der Waals surface area contributed by atoms with Crippen molar-refractivity contribution in [3.05, 3.63) is 101 Å². The molecule has 1 fully saturated rings. The van der Waals surface area contributed by atoms with E-state index >= 15 is 0 Å². The van der Waals surface area contributed by atoms with Gasteiger partial charge in [-0.3, -0.25) is 0 Å². The molecule has 4 nitrogen and oxygen atoms in total. The van der Waals surface area contributed by atoms with Crippen LogP contribution in [0.2, 0.25) is 0 Å². The van der Waals surface area contributed by atoms with E-state index in [9.17, 15) is 31.1 Å². The van der Waals surface area contributed by atoms with Crippen molar-refractivity contribution in [3.63, 3.8) is 0 Å². The van der Waals surface area contributed by atoms with Gasteiger partial charge in [-0.15, -0.1) is 0 Å². The van der Waals surface area contributed by atoms with E-state index in [4.69, 9.17) is 4.74 Å². The van der Waals surface area contributed by atoms with E-state index in [1.54, 1.807) is 29.2 Å². The molecule has 2 atom stereocenters. The molecule has 2 amide bonds. The lowest BCUT2D eigenvalue weighted by molar-refractivity contribution is -0.143. The molecule has 0 saturated carbocycles. The van der Waals surface area contributed by atoms with Crippen LogP contribution in [0.4, 0.5) is 36.8 Å². The zero-order valence-corrected chi connectivity index (χ0v) is 19.5. The van der Waals surface area contributed by atoms with Gasteiger partial charge >= 0.3 is 18.4 Å². The highest BCUT2D eigenvalue weighted by Crippen LogP contribution is 2.37. The third-order valence-electron chi connectivity index (χ3n) is 6.20. The summed E-state index contributed by atoms with van der Waals surface area (Å²) in [6.07, 6.45) is -10.0. The third-order valence-corrected chi connectivity index (χ3v) is 6.20. The van der Waals surface area contributed by atoms with Gasteiger partial charge in [-0.2, -0.15) is 26.3 Å². The average Bonchev–Trinajstić information content (AvgIpc) is 2.87. The molecule has 1 heterocycles. The molecule has 0 bridgehead atoms. The first-order valence-electron chi connectivity index (χ1n) is 11.6. The number of benzene rings is 3. The molecule has 37 heavy (non-hydrogen) atoms. The minimum absolute atomic E-state index is 0.0973. The van der Waals surface area contributed by atoms with E-state index in [2.05, 4.69) is 5.32 Å². The Kier molecular flexibility index (Phi) is 7.77. The van der Waals surface area contributed by atoms with E-state index < -0.39 is 36.2 Å². The smallest absolute Gasteiger partial charge is 0.373 e. The van der Waals surface area contributed by atoms with E-state index in [-0.39, 0.29) is 30.1 Å². The number of para-hydroxylation sites is 1. The number of likely N-dealkylation sites (tertiary alicyclic amines) is 1. The molecule has 4 rings (SSSR count). The van der Waals surface area contributed by atoms with Gasteiger partial charge in [0.15, 0.2) is 0 Å². The minimum Gasteiger partial charge on any atom is -0.373 e. The normalized spacial score (nSPS) is 18.5. The minimum atomic E-state index is -4.93. The van der Waals surface area contributed by atoms with Crippen molar-refractivity contribution < 1.29 is 35.9 Å². The van der Waals surface area contributed by atoms with Crippen molar-refractivity contribution >= 4 is 11.7 Å². The van der Waals surface area contributed by atoms with Gasteiger partial charge in [-0.25, -0.2) is 4.79 Å². The van der Waals surface area contributed by atoms with Crippen molar-refractivity contribution in [1.82, 2.24) is 4.90 Å². The molecule has 3 aromatic rings. The number of anilines is 1. The first-order valence-corrected chi connectivity index (χ1v) is 11.6. The van der Waals surface area contributed by atoms with Gasteiger partial charge in [0.2, 0.25) is 0 Å². The Morgan fingerprint density at radius 1 is 0.865 bits per heavy atom. The van der Waals surface area contributed by atoms with Gasteiger partial charge in [-0.05, 0) is 47.9 Å². The summed E-state index contributed by atoms with van der Waals surface area (Å²) in [6.45, 7) is 0.143. The quantitative estimate of drug-likeness (QED) is 0.357. The highest BCUT2D eigenvalue weighted by molar-refractivity contribution is 5.89. The Labute approximate surface area is 209 Å². The van der Waals surface area contributed by atoms with Crippen LogP contribution in [0.25, 0.3) is 0 Å². The zero-order chi connectivity index (χ0) is 26.6. The molecule has 1 saturated heterocycles. The van der Waals surface area contributed by atoms with Crippen LogP contribution in [-0.2, 0) is 23.7 Å². The first kappa shape index (κ1) is 26.5. The molecule has 1 aliphatic heterocycles. The van der Waals surface area contributed by atoms with Gasteiger partial charge in [0.25, 0.3) is 0 Å². The number of carbonyl (C=O) groups is 1. The van der Waals surface area contributed by atoms with Crippen molar-refractivity contribution in [3.8, 4) is 0 Å². The Morgan fingerprint density at radius 2 is 1.43 bits per heavy atom. The topological polar surface area (TPSA) is 41.6 Å². The number of nitrogens with zero attached hydrogens (tertiary/aromatic N) is 1. The largest absolute Gasteiger partial charge is 0.416 e. The maximum atomic E-state index is 13.2. The Hall–Kier alpha value is -3.53. The summed E-state index contributed by atoms with van der Waals surface area (Å²) in [7, 11) is 0. The summed E-state index contributed by atoms with van der Waals surface area (Å²) >= 11 is 0. The fraction of sp³-hybridized carbons (Fsp3) is 0.296. The summed E-state index contributed by atoms with van der Waals surface area (Å²) in [6, 6.07) is 19.2. The summed E-state index contributed by atoms with van der Waals surface area (Å²) in [4.78, 5) is 14.5. The second kappa shape index (κ2) is 10.8. The van der Waals surface area contributed by atoms with E-state index in [1.165, 1.54) is 0 Å². The van der Waals surface area contributed by atoms with Gasteiger partial charge < -0.3 is 15.0 Å². The highest BCUT2D eigenvalue weighted by Gasteiger charge is 2.37. The number of nitrogens with one attached hydrogen (secondary N) is 1. The predicted octanol–water partition coefficient (Wildman–Crippen LogP) is 7.33. The number of halogens is 6. The molecule has 10 heteroatoms. The lowest BCUT2D eigenvalue weighted by Gasteiger charge is -2.38. The first-order chi connectivity index (χ1) is 17.5. The fourth-order valence-corrected chi connectivity index (χ4v) is 4.36. The maximum absolute atomic E-state index is 13.2. The zero-order valence-electron chi connectivity index (χ0n) is 19.5. The molecule has 0 unspecified atom stereocenters. The molecule has 1 N–H and O–H groups in total. The molecule has 1 aliphatic rings. The van der Waals surface area contributed by atoms with Crippen molar-refractivity contribution in [1.29, 1.82) is 0 Å². The van der Waals surface area contributed by atoms with Crippen LogP contribution in [0, 0.1) is 0 Å². The molecule has 0 aliphatic carbocycles. The summed E-state index contributed by atoms with van der Waals surface area (Å²) < 4.78 is 85.4. The number of ether oxygens (including phenoxy) is 1. The third kappa shape index (κ3) is 6.82. The van der Waals surface area contributed by atoms with Crippen LogP contribution in [0.3, 0.4) is 0 Å². The van der Waals surface area contributed by atoms with Gasteiger partial charge in [-0.1, -0.05) is 48.5 Å². The monoisotopic (exact) mass is 522 g/mol. The SMILES string of the molecule is O=C(Nc1ccccc1)N1CC[C@@H](OCc2cc(C(F)(F)F)cc(C(F)(F)F)c2)[C@@H](c2ccccc2)C1. The lowest BCUT2D eigenvalue weighted by atomic mass is 9.88. The van der Waals surface area contributed by atoms with Crippen molar-refractivity contribution in [2.45, 2.75) is 37.4 Å². The maximum Gasteiger partial charge on any atom is 0.416 e. The molecule has 0 spiro atoms. The van der Waals surface area contributed by atoms with Crippen molar-refractivity contribution in [2.75, 3.05) is 18.4 Å². The van der Waals surface area contributed by atoms with E-state index in [0.29, 0.717) is 30.8 Å². The Balaban J connectivity index is 1.52. The number of urea groups is 1. The molecule has 3 aromatic carbocycles. The number of alkyl halides is 6. The van der Waals surface area contributed by atoms with Crippen molar-refractivity contribution in [2.24, 2.45) is 0 Å². The average molecular weight is 522 g/mol. The van der Waals surface area contributed by atoms with Gasteiger partial charge in [0.1, 0.15) is 0 Å². The number of piperidine rings is 1.